The van der Waals surface area contributed by atoms with Gasteiger partial charge >= 0.3 is 0 Å². The van der Waals surface area contributed by atoms with Gasteiger partial charge in [0.25, 0.3) is 0 Å². The van der Waals surface area contributed by atoms with E-state index >= 15 is 0 Å². The smallest absolute Gasteiger partial charge is 0.128 e. The van der Waals surface area contributed by atoms with Crippen LogP contribution in [-0.4, -0.2) is 12.8 Å². The van der Waals surface area contributed by atoms with E-state index in [-0.39, 0.29) is 0 Å². The van der Waals surface area contributed by atoms with Crippen LogP contribution in [0.4, 0.5) is 0 Å². The van der Waals surface area contributed by atoms with Crippen LogP contribution in [0.15, 0.2) is 29.4 Å². The van der Waals surface area contributed by atoms with Crippen molar-refractivity contribution in [3.05, 3.63) is 35.4 Å². The molecule has 0 aliphatic carbocycles. The molecule has 0 spiro atoms. The second-order valence-corrected chi connectivity index (χ2v) is 2.72. The minimum Gasteiger partial charge on any atom is -0.395 e. The molecule has 3 nitrogen and oxygen atoms in total. The summed E-state index contributed by atoms with van der Waals surface area (Å²) in [4.78, 5) is 4.90. The molecule has 74 valence electrons. The number of terminal acetylenes is 1. The van der Waals surface area contributed by atoms with Crippen molar-refractivity contribution in [1.82, 2.24) is 0 Å². The van der Waals surface area contributed by atoms with Crippen LogP contribution in [0.5, 0.6) is 0 Å². The van der Waals surface area contributed by atoms with Crippen LogP contribution in [0.2, 0.25) is 0 Å². The van der Waals surface area contributed by atoms with Gasteiger partial charge in [0.15, 0.2) is 0 Å². The van der Waals surface area contributed by atoms with Crippen molar-refractivity contribution in [1.29, 1.82) is 5.26 Å². The first-order valence-electron chi connectivity index (χ1n) is 4.46. The Bertz CT molecular complexity index is 424. The van der Waals surface area contributed by atoms with Crippen LogP contribution in [0.25, 0.3) is 0 Å². The van der Waals surface area contributed by atoms with Gasteiger partial charge in [-0.3, -0.25) is 0 Å². The number of oxime groups is 1. The Labute approximate surface area is 89.0 Å². The molecule has 0 radical (unpaired) electrons. The Morgan fingerprint density at radius 3 is 3.00 bits per heavy atom. The molecule has 0 unspecified atom stereocenters. The SMILES string of the molecule is C#CCCON=Cc1ccccc1C#N. The fourth-order valence-corrected chi connectivity index (χ4v) is 0.963. The molecule has 1 rings (SSSR count). The third-order valence-electron chi connectivity index (χ3n) is 1.69. The number of nitriles is 1. The van der Waals surface area contributed by atoms with Crippen LogP contribution >= 0.6 is 0 Å². The molecule has 3 heteroatoms. The first-order chi connectivity index (χ1) is 7.38. The fourth-order valence-electron chi connectivity index (χ4n) is 0.963. The maximum Gasteiger partial charge on any atom is 0.128 e. The lowest BCUT2D eigenvalue weighted by Crippen LogP contribution is -1.90. The minimum absolute atomic E-state index is 0.391. The summed E-state index contributed by atoms with van der Waals surface area (Å²) in [6, 6.07) is 9.23. The van der Waals surface area contributed by atoms with Crippen molar-refractivity contribution < 1.29 is 4.84 Å². The molecule has 0 bridgehead atoms. The van der Waals surface area contributed by atoms with Crippen molar-refractivity contribution in [3.63, 3.8) is 0 Å². The molecular weight excluding hydrogens is 188 g/mol. The molecule has 0 aliphatic heterocycles. The van der Waals surface area contributed by atoms with Gasteiger partial charge in [-0.2, -0.15) is 5.26 Å². The third-order valence-corrected chi connectivity index (χ3v) is 1.69. The number of benzene rings is 1. The zero-order chi connectivity index (χ0) is 10.9. The maximum atomic E-state index is 8.78. The number of rotatable bonds is 4. The molecular formula is C12H10N2O. The molecule has 15 heavy (non-hydrogen) atoms. The molecule has 0 saturated heterocycles. The Morgan fingerprint density at radius 1 is 1.47 bits per heavy atom. The summed E-state index contributed by atoms with van der Waals surface area (Å²) in [7, 11) is 0. The van der Waals surface area contributed by atoms with Gasteiger partial charge in [-0.1, -0.05) is 23.4 Å². The van der Waals surface area contributed by atoms with Gasteiger partial charge in [0, 0.05) is 12.0 Å². The second kappa shape index (κ2) is 6.23. The highest BCUT2D eigenvalue weighted by atomic mass is 16.6. The molecule has 0 aromatic heterocycles. The lowest BCUT2D eigenvalue weighted by Gasteiger charge is -1.96. The summed E-state index contributed by atoms with van der Waals surface area (Å²) in [5, 5.41) is 12.5. The lowest BCUT2D eigenvalue weighted by molar-refractivity contribution is 0.152. The average Bonchev–Trinajstić information content (AvgIpc) is 2.29. The maximum absolute atomic E-state index is 8.78. The van der Waals surface area contributed by atoms with Crippen molar-refractivity contribution in [2.24, 2.45) is 5.16 Å². The zero-order valence-electron chi connectivity index (χ0n) is 8.18. The Balaban J connectivity index is 2.57. The molecule has 0 heterocycles. The largest absolute Gasteiger partial charge is 0.395 e. The van der Waals surface area contributed by atoms with Gasteiger partial charge in [-0.05, 0) is 6.07 Å². The second-order valence-electron chi connectivity index (χ2n) is 2.72. The van der Waals surface area contributed by atoms with E-state index in [0.717, 1.165) is 5.56 Å². The predicted molar refractivity (Wildman–Crippen MR) is 58.2 cm³/mol. The highest BCUT2D eigenvalue weighted by molar-refractivity contribution is 5.82. The highest BCUT2D eigenvalue weighted by Gasteiger charge is 1.95. The average molecular weight is 198 g/mol. The van der Waals surface area contributed by atoms with E-state index in [4.69, 9.17) is 16.5 Å². The van der Waals surface area contributed by atoms with Gasteiger partial charge in [-0.15, -0.1) is 12.3 Å². The lowest BCUT2D eigenvalue weighted by atomic mass is 10.1. The highest BCUT2D eigenvalue weighted by Crippen LogP contribution is 2.03. The first kappa shape index (κ1) is 10.8. The van der Waals surface area contributed by atoms with E-state index in [0.29, 0.717) is 18.6 Å². The van der Waals surface area contributed by atoms with E-state index in [1.165, 1.54) is 6.21 Å². The Hall–Kier alpha value is -2.26. The molecule has 0 atom stereocenters. The predicted octanol–water partition coefficient (Wildman–Crippen LogP) is 1.93. The molecule has 0 fully saturated rings. The molecule has 0 N–H and O–H groups in total. The Morgan fingerprint density at radius 2 is 2.27 bits per heavy atom. The van der Waals surface area contributed by atoms with Gasteiger partial charge < -0.3 is 4.84 Å². The number of nitrogens with zero attached hydrogens (tertiary/aromatic N) is 2. The van der Waals surface area contributed by atoms with Crippen molar-refractivity contribution in [2.45, 2.75) is 6.42 Å². The van der Waals surface area contributed by atoms with Crippen LogP contribution < -0.4 is 0 Å². The number of hydrogen-bond acceptors (Lipinski definition) is 3. The molecule has 0 aliphatic rings. The molecule has 1 aromatic rings. The summed E-state index contributed by atoms with van der Waals surface area (Å²) in [5.74, 6) is 2.44. The standard InChI is InChI=1S/C12H10N2O/c1-2-3-8-15-14-10-12-7-5-4-6-11(12)9-13/h1,4-7,10H,3,8H2. The van der Waals surface area contributed by atoms with Crippen LogP contribution in [0.1, 0.15) is 17.5 Å². The molecule has 1 aromatic carbocycles. The van der Waals surface area contributed by atoms with Gasteiger partial charge in [0.2, 0.25) is 0 Å². The molecule has 0 amide bonds. The summed E-state index contributed by atoms with van der Waals surface area (Å²) >= 11 is 0. The fraction of sp³-hybridized carbons (Fsp3) is 0.167. The summed E-state index contributed by atoms with van der Waals surface area (Å²) in [5.41, 5.74) is 1.31. The van der Waals surface area contributed by atoms with Crippen molar-refractivity contribution in [3.8, 4) is 18.4 Å². The van der Waals surface area contributed by atoms with E-state index < -0.39 is 0 Å². The van der Waals surface area contributed by atoms with Gasteiger partial charge in [0.05, 0.1) is 17.8 Å². The normalized spacial score (nSPS) is 9.47. The van der Waals surface area contributed by atoms with E-state index in [1.54, 1.807) is 18.2 Å². The van der Waals surface area contributed by atoms with E-state index in [1.807, 2.05) is 6.07 Å². The summed E-state index contributed by atoms with van der Waals surface area (Å²) < 4.78 is 0. The van der Waals surface area contributed by atoms with Crippen LogP contribution in [0.3, 0.4) is 0 Å². The van der Waals surface area contributed by atoms with Gasteiger partial charge in [-0.25, -0.2) is 0 Å². The first-order valence-corrected chi connectivity index (χ1v) is 4.46. The summed E-state index contributed by atoms with van der Waals surface area (Å²) in [6.45, 7) is 0.391. The van der Waals surface area contributed by atoms with E-state index in [2.05, 4.69) is 17.1 Å². The quantitative estimate of drug-likeness (QED) is 0.321. The van der Waals surface area contributed by atoms with Crippen molar-refractivity contribution >= 4 is 6.21 Å². The van der Waals surface area contributed by atoms with Gasteiger partial charge in [0.1, 0.15) is 6.61 Å². The zero-order valence-corrected chi connectivity index (χ0v) is 8.18. The minimum atomic E-state index is 0.391. The van der Waals surface area contributed by atoms with Crippen LogP contribution in [0, 0.1) is 23.7 Å². The van der Waals surface area contributed by atoms with E-state index in [9.17, 15) is 0 Å². The van der Waals surface area contributed by atoms with Crippen LogP contribution in [-0.2, 0) is 4.84 Å². The summed E-state index contributed by atoms with van der Waals surface area (Å²) in [6.07, 6.45) is 7.08. The third kappa shape index (κ3) is 3.54. The topological polar surface area (TPSA) is 45.4 Å². The number of hydrogen-bond donors (Lipinski definition) is 0. The van der Waals surface area contributed by atoms with Crippen molar-refractivity contribution in [2.75, 3.05) is 6.61 Å². The monoisotopic (exact) mass is 198 g/mol. The molecule has 0 saturated carbocycles. The Kier molecular flexibility index (Phi) is 4.50.